The summed E-state index contributed by atoms with van der Waals surface area (Å²) < 4.78 is 21.5. The number of imidazole rings is 1. The Morgan fingerprint density at radius 3 is 2.93 bits per heavy atom. The number of primary sulfonamides is 1. The Bertz CT molecular complexity index is 560. The monoisotopic (exact) mass is 213 g/mol. The predicted octanol–water partition coefficient (Wildman–Crippen LogP) is -0.859. The van der Waals surface area contributed by atoms with Crippen LogP contribution in [0.3, 0.4) is 0 Å². The molecule has 0 aliphatic rings. The smallest absolute Gasteiger partial charge is 0.214 e. The molecule has 2 heterocycles. The highest BCUT2D eigenvalue weighted by Crippen LogP contribution is 2.04. The summed E-state index contributed by atoms with van der Waals surface area (Å²) in [6.07, 6.45) is 2.78. The summed E-state index contributed by atoms with van der Waals surface area (Å²) in [4.78, 5) is 14.5. The Morgan fingerprint density at radius 1 is 1.43 bits per heavy atom. The molecule has 14 heavy (non-hydrogen) atoms. The van der Waals surface area contributed by atoms with E-state index in [2.05, 4.69) is 19.9 Å². The van der Waals surface area contributed by atoms with Gasteiger partial charge in [-0.2, -0.15) is 0 Å². The van der Waals surface area contributed by atoms with Crippen LogP contribution in [0.4, 0.5) is 0 Å². The fraction of sp³-hybridized carbons (Fsp3) is 0.167. The standard InChI is InChI=1S/C6H7N5O2S/c7-14(12,13)2-4-1-8-5-6(11-4)10-3-9-5/h1,3H,2H2,(H2,7,12,13)(H,8,9,10,11). The average molecular weight is 213 g/mol. The number of sulfonamides is 1. The van der Waals surface area contributed by atoms with Gasteiger partial charge in [0.2, 0.25) is 10.0 Å². The molecule has 0 saturated heterocycles. The molecule has 0 spiro atoms. The number of nitrogens with zero attached hydrogens (tertiary/aromatic N) is 3. The van der Waals surface area contributed by atoms with Crippen molar-refractivity contribution in [3.8, 4) is 0 Å². The summed E-state index contributed by atoms with van der Waals surface area (Å²) in [6.45, 7) is 0. The molecular formula is C6H7N5O2S. The van der Waals surface area contributed by atoms with E-state index in [0.29, 0.717) is 17.0 Å². The molecule has 0 bridgehead atoms. The molecule has 0 atom stereocenters. The molecule has 2 aromatic heterocycles. The lowest BCUT2D eigenvalue weighted by Crippen LogP contribution is -2.15. The van der Waals surface area contributed by atoms with Crippen molar-refractivity contribution in [1.29, 1.82) is 0 Å². The maximum atomic E-state index is 10.8. The summed E-state index contributed by atoms with van der Waals surface area (Å²) >= 11 is 0. The van der Waals surface area contributed by atoms with Crippen LogP contribution in [0.1, 0.15) is 5.69 Å². The Balaban J connectivity index is 2.44. The minimum Gasteiger partial charge on any atom is -0.328 e. The number of nitrogens with two attached hydrogens (primary N) is 1. The SMILES string of the molecule is NS(=O)(=O)Cc1cnc2nc[nH]c2n1. The van der Waals surface area contributed by atoms with E-state index in [1.165, 1.54) is 12.5 Å². The molecule has 2 rings (SSSR count). The van der Waals surface area contributed by atoms with Crippen molar-refractivity contribution in [3.63, 3.8) is 0 Å². The van der Waals surface area contributed by atoms with Crippen LogP contribution in [0.5, 0.6) is 0 Å². The lowest BCUT2D eigenvalue weighted by Gasteiger charge is -1.96. The summed E-state index contributed by atoms with van der Waals surface area (Å²) in [7, 11) is -3.57. The van der Waals surface area contributed by atoms with Crippen LogP contribution in [0.2, 0.25) is 0 Å². The van der Waals surface area contributed by atoms with Gasteiger partial charge in [-0.1, -0.05) is 0 Å². The summed E-state index contributed by atoms with van der Waals surface area (Å²) in [6, 6.07) is 0. The number of aromatic nitrogens is 4. The van der Waals surface area contributed by atoms with Crippen LogP contribution in [0.25, 0.3) is 11.3 Å². The Labute approximate surface area is 79.4 Å². The molecule has 3 N–H and O–H groups in total. The normalized spacial score (nSPS) is 12.1. The molecule has 0 fully saturated rings. The van der Waals surface area contributed by atoms with Crippen molar-refractivity contribution in [2.24, 2.45) is 5.14 Å². The number of H-pyrrole nitrogens is 1. The van der Waals surface area contributed by atoms with E-state index in [9.17, 15) is 8.42 Å². The zero-order valence-electron chi connectivity index (χ0n) is 7.01. The first-order chi connectivity index (χ1) is 6.54. The summed E-state index contributed by atoms with van der Waals surface area (Å²) in [5.41, 5.74) is 1.19. The molecule has 74 valence electrons. The van der Waals surface area contributed by atoms with Crippen molar-refractivity contribution in [2.75, 3.05) is 0 Å². The molecule has 7 nitrogen and oxygen atoms in total. The van der Waals surface area contributed by atoms with Gasteiger partial charge in [-0.3, -0.25) is 0 Å². The fourth-order valence-electron chi connectivity index (χ4n) is 1.04. The Hall–Kier alpha value is -1.54. The third-order valence-corrected chi connectivity index (χ3v) is 2.24. The van der Waals surface area contributed by atoms with E-state index in [-0.39, 0.29) is 5.75 Å². The van der Waals surface area contributed by atoms with Crippen molar-refractivity contribution in [1.82, 2.24) is 19.9 Å². The number of hydrogen-bond acceptors (Lipinski definition) is 5. The Kier molecular flexibility index (Phi) is 1.93. The topological polar surface area (TPSA) is 115 Å². The molecule has 0 unspecified atom stereocenters. The van der Waals surface area contributed by atoms with Crippen LogP contribution in [0.15, 0.2) is 12.5 Å². The minimum atomic E-state index is -3.57. The maximum Gasteiger partial charge on any atom is 0.214 e. The van der Waals surface area contributed by atoms with E-state index in [0.717, 1.165) is 0 Å². The molecule has 2 aromatic rings. The molecule has 0 amide bonds. The quantitative estimate of drug-likeness (QED) is 0.673. The summed E-state index contributed by atoms with van der Waals surface area (Å²) in [5.74, 6) is -0.324. The zero-order valence-corrected chi connectivity index (χ0v) is 7.82. The van der Waals surface area contributed by atoms with E-state index in [1.54, 1.807) is 0 Å². The second-order valence-electron chi connectivity index (χ2n) is 2.74. The second kappa shape index (κ2) is 3.00. The number of hydrogen-bond donors (Lipinski definition) is 2. The van der Waals surface area contributed by atoms with Gasteiger partial charge in [0, 0.05) is 0 Å². The first-order valence-electron chi connectivity index (χ1n) is 3.70. The lowest BCUT2D eigenvalue weighted by atomic mass is 10.5. The molecule has 0 radical (unpaired) electrons. The van der Waals surface area contributed by atoms with E-state index < -0.39 is 10.0 Å². The van der Waals surface area contributed by atoms with Gasteiger partial charge in [0.15, 0.2) is 11.3 Å². The highest BCUT2D eigenvalue weighted by molar-refractivity contribution is 7.88. The number of nitrogens with one attached hydrogen (secondary N) is 1. The van der Waals surface area contributed by atoms with Crippen LogP contribution in [-0.4, -0.2) is 28.4 Å². The van der Waals surface area contributed by atoms with E-state index in [4.69, 9.17) is 5.14 Å². The van der Waals surface area contributed by atoms with Crippen molar-refractivity contribution < 1.29 is 8.42 Å². The highest BCUT2D eigenvalue weighted by Gasteiger charge is 2.08. The van der Waals surface area contributed by atoms with Gasteiger partial charge in [-0.05, 0) is 0 Å². The van der Waals surface area contributed by atoms with Crippen LogP contribution in [0, 0.1) is 0 Å². The van der Waals surface area contributed by atoms with Gasteiger partial charge in [-0.25, -0.2) is 28.5 Å². The fourth-order valence-corrected chi connectivity index (χ4v) is 1.59. The molecular weight excluding hydrogens is 206 g/mol. The van der Waals surface area contributed by atoms with Gasteiger partial charge >= 0.3 is 0 Å². The minimum absolute atomic E-state index is 0.296. The second-order valence-corrected chi connectivity index (χ2v) is 4.36. The van der Waals surface area contributed by atoms with Gasteiger partial charge in [0.1, 0.15) is 5.75 Å². The first-order valence-corrected chi connectivity index (χ1v) is 5.41. The predicted molar refractivity (Wildman–Crippen MR) is 48.5 cm³/mol. The highest BCUT2D eigenvalue weighted by atomic mass is 32.2. The number of aromatic amines is 1. The molecule has 0 aromatic carbocycles. The van der Waals surface area contributed by atoms with Gasteiger partial charge in [-0.15, -0.1) is 0 Å². The van der Waals surface area contributed by atoms with Gasteiger partial charge in [0.25, 0.3) is 0 Å². The van der Waals surface area contributed by atoms with Gasteiger partial charge in [0.05, 0.1) is 18.2 Å². The van der Waals surface area contributed by atoms with Crippen molar-refractivity contribution in [2.45, 2.75) is 5.75 Å². The van der Waals surface area contributed by atoms with E-state index in [1.807, 2.05) is 0 Å². The first kappa shape index (κ1) is 9.03. The summed E-state index contributed by atoms with van der Waals surface area (Å²) in [5, 5.41) is 4.87. The zero-order chi connectivity index (χ0) is 10.2. The van der Waals surface area contributed by atoms with Crippen LogP contribution in [-0.2, 0) is 15.8 Å². The third kappa shape index (κ3) is 1.86. The number of rotatable bonds is 2. The van der Waals surface area contributed by atoms with Crippen molar-refractivity contribution >= 4 is 21.3 Å². The largest absolute Gasteiger partial charge is 0.328 e. The van der Waals surface area contributed by atoms with Crippen LogP contribution >= 0.6 is 0 Å². The molecule has 8 heteroatoms. The third-order valence-electron chi connectivity index (χ3n) is 1.54. The van der Waals surface area contributed by atoms with Gasteiger partial charge < -0.3 is 4.98 Å². The lowest BCUT2D eigenvalue weighted by molar-refractivity contribution is 0.596. The number of fused-ring (bicyclic) bond motifs is 1. The van der Waals surface area contributed by atoms with E-state index >= 15 is 0 Å². The Morgan fingerprint density at radius 2 is 2.21 bits per heavy atom. The molecule has 0 saturated carbocycles. The molecule has 0 aliphatic heterocycles. The average Bonchev–Trinajstić information content (AvgIpc) is 2.47. The van der Waals surface area contributed by atoms with Crippen LogP contribution < -0.4 is 5.14 Å². The van der Waals surface area contributed by atoms with Crippen molar-refractivity contribution in [3.05, 3.63) is 18.2 Å². The molecule has 0 aliphatic carbocycles. The maximum absolute atomic E-state index is 10.8.